The summed E-state index contributed by atoms with van der Waals surface area (Å²) < 4.78 is 0. The van der Waals surface area contributed by atoms with E-state index in [-0.39, 0.29) is 11.8 Å². The predicted molar refractivity (Wildman–Crippen MR) is 95.8 cm³/mol. The predicted octanol–water partition coefficient (Wildman–Crippen LogP) is 3.40. The lowest BCUT2D eigenvalue weighted by Crippen LogP contribution is -2.56. The Balaban J connectivity index is 1.41. The Hall–Kier alpha value is -2.10. The first-order valence-corrected chi connectivity index (χ1v) is 9.32. The van der Waals surface area contributed by atoms with Gasteiger partial charge in [0, 0.05) is 17.7 Å². The maximum atomic E-state index is 12.3. The Kier molecular flexibility index (Phi) is 4.14. The number of benzene rings is 1. The number of aliphatic hydroxyl groups is 1. The van der Waals surface area contributed by atoms with Crippen molar-refractivity contribution in [3.05, 3.63) is 41.5 Å². The van der Waals surface area contributed by atoms with Crippen LogP contribution in [-0.2, 0) is 9.59 Å². The molecule has 1 amide bonds. The quantitative estimate of drug-likeness (QED) is 0.502. The molecule has 4 heteroatoms. The Morgan fingerprint density at radius 3 is 2.12 bits per heavy atom. The van der Waals surface area contributed by atoms with Gasteiger partial charge in [0.1, 0.15) is 5.76 Å². The van der Waals surface area contributed by atoms with Crippen LogP contribution in [0.5, 0.6) is 0 Å². The van der Waals surface area contributed by atoms with Gasteiger partial charge in [0.15, 0.2) is 0 Å². The fourth-order valence-corrected chi connectivity index (χ4v) is 5.38. The Bertz CT molecular complexity index is 691. The molecule has 0 aliphatic heterocycles. The molecule has 4 aliphatic carbocycles. The van der Waals surface area contributed by atoms with Crippen molar-refractivity contribution < 1.29 is 14.7 Å². The number of rotatable bonds is 4. The van der Waals surface area contributed by atoms with Gasteiger partial charge in [-0.1, -0.05) is 29.8 Å². The summed E-state index contributed by atoms with van der Waals surface area (Å²) in [4.78, 5) is 24.6. The Morgan fingerprint density at radius 2 is 1.56 bits per heavy atom. The number of carbonyl (C=O) groups is 2. The highest BCUT2D eigenvalue weighted by Gasteiger charge is 2.48. The third-order valence-corrected chi connectivity index (χ3v) is 6.36. The molecule has 2 N–H and O–H groups in total. The van der Waals surface area contributed by atoms with Crippen molar-refractivity contribution in [1.29, 1.82) is 0 Å². The van der Waals surface area contributed by atoms with Crippen LogP contribution < -0.4 is 5.32 Å². The zero-order valence-corrected chi connectivity index (χ0v) is 14.6. The summed E-state index contributed by atoms with van der Waals surface area (Å²) in [7, 11) is 0. The minimum absolute atomic E-state index is 0.138. The summed E-state index contributed by atoms with van der Waals surface area (Å²) in [6.07, 6.45) is 7.16. The zero-order valence-electron chi connectivity index (χ0n) is 14.6. The van der Waals surface area contributed by atoms with Gasteiger partial charge in [-0.25, -0.2) is 0 Å². The molecule has 0 aromatic heterocycles. The van der Waals surface area contributed by atoms with E-state index in [2.05, 4.69) is 5.32 Å². The molecular formula is C21H25NO3. The molecule has 1 aromatic carbocycles. The van der Waals surface area contributed by atoms with E-state index < -0.39 is 11.7 Å². The lowest BCUT2D eigenvalue weighted by atomic mass is 9.54. The molecule has 0 radical (unpaired) electrons. The first-order chi connectivity index (χ1) is 12.0. The van der Waals surface area contributed by atoms with Gasteiger partial charge >= 0.3 is 0 Å². The minimum atomic E-state index is -0.674. The van der Waals surface area contributed by atoms with E-state index in [1.807, 2.05) is 19.1 Å². The molecule has 4 aliphatic rings. The zero-order chi connectivity index (χ0) is 17.6. The topological polar surface area (TPSA) is 66.4 Å². The number of aliphatic hydroxyl groups excluding tert-OH is 1. The average molecular weight is 339 g/mol. The van der Waals surface area contributed by atoms with Gasteiger partial charge in [-0.15, -0.1) is 0 Å². The number of ketones is 1. The van der Waals surface area contributed by atoms with Crippen LogP contribution >= 0.6 is 0 Å². The second-order valence-electron chi connectivity index (χ2n) is 8.19. The maximum absolute atomic E-state index is 12.3. The highest BCUT2D eigenvalue weighted by molar-refractivity contribution is 6.41. The van der Waals surface area contributed by atoms with Crippen molar-refractivity contribution in [2.75, 3.05) is 0 Å². The fraction of sp³-hybridized carbons (Fsp3) is 0.524. The van der Waals surface area contributed by atoms with Crippen molar-refractivity contribution in [2.24, 2.45) is 23.7 Å². The SMILES string of the molecule is Cc1ccc(/C(O)=C/C(=O)C(=O)NC2C3CC4CC(C3)CC2C4)cc1. The normalized spacial score (nSPS) is 33.3. The fourth-order valence-electron chi connectivity index (χ4n) is 5.38. The van der Waals surface area contributed by atoms with Crippen molar-refractivity contribution in [3.8, 4) is 0 Å². The lowest BCUT2D eigenvalue weighted by molar-refractivity contribution is -0.137. The third kappa shape index (κ3) is 3.22. The number of hydrogen-bond donors (Lipinski definition) is 2. The summed E-state index contributed by atoms with van der Waals surface area (Å²) in [5.41, 5.74) is 1.61. The number of amides is 1. The first-order valence-electron chi connectivity index (χ1n) is 9.32. The van der Waals surface area contributed by atoms with Gasteiger partial charge in [-0.2, -0.15) is 0 Å². The van der Waals surface area contributed by atoms with E-state index in [9.17, 15) is 14.7 Å². The molecule has 4 fully saturated rings. The average Bonchev–Trinajstić information content (AvgIpc) is 2.57. The molecule has 4 saturated carbocycles. The molecule has 5 rings (SSSR count). The van der Waals surface area contributed by atoms with Gasteiger partial charge in [0.2, 0.25) is 5.78 Å². The van der Waals surface area contributed by atoms with Crippen molar-refractivity contribution in [1.82, 2.24) is 5.32 Å². The second kappa shape index (κ2) is 6.32. The van der Waals surface area contributed by atoms with Crippen molar-refractivity contribution in [2.45, 2.75) is 45.1 Å². The molecule has 4 nitrogen and oxygen atoms in total. The highest BCUT2D eigenvalue weighted by Crippen LogP contribution is 2.53. The summed E-state index contributed by atoms with van der Waals surface area (Å²) in [6, 6.07) is 7.34. The summed E-state index contributed by atoms with van der Waals surface area (Å²) in [6.45, 7) is 1.95. The van der Waals surface area contributed by atoms with Gasteiger partial charge in [-0.3, -0.25) is 9.59 Å². The molecule has 0 atom stereocenters. The van der Waals surface area contributed by atoms with Gasteiger partial charge < -0.3 is 10.4 Å². The van der Waals surface area contributed by atoms with Crippen LogP contribution in [0.15, 0.2) is 30.3 Å². The van der Waals surface area contributed by atoms with Crippen molar-refractivity contribution >= 4 is 17.4 Å². The molecule has 1 aromatic rings. The molecule has 0 saturated heterocycles. The van der Waals surface area contributed by atoms with E-state index in [1.54, 1.807) is 12.1 Å². The molecule has 25 heavy (non-hydrogen) atoms. The summed E-state index contributed by atoms with van der Waals surface area (Å²) in [5, 5.41) is 13.1. The van der Waals surface area contributed by atoms with Crippen LogP contribution in [0.1, 0.15) is 43.2 Å². The monoisotopic (exact) mass is 339 g/mol. The van der Waals surface area contributed by atoms with Crippen LogP contribution in [0.4, 0.5) is 0 Å². The van der Waals surface area contributed by atoms with E-state index in [0.29, 0.717) is 17.4 Å². The van der Waals surface area contributed by atoms with Crippen LogP contribution in [0, 0.1) is 30.6 Å². The summed E-state index contributed by atoms with van der Waals surface area (Å²) in [5.74, 6) is 1.30. The molecule has 0 heterocycles. The lowest BCUT2D eigenvalue weighted by Gasteiger charge is -2.54. The van der Waals surface area contributed by atoms with Crippen molar-refractivity contribution in [3.63, 3.8) is 0 Å². The van der Waals surface area contributed by atoms with E-state index in [1.165, 1.54) is 32.1 Å². The Labute approximate surface area is 148 Å². The number of nitrogens with one attached hydrogen (secondary N) is 1. The van der Waals surface area contributed by atoms with E-state index >= 15 is 0 Å². The number of aryl methyl sites for hydroxylation is 1. The summed E-state index contributed by atoms with van der Waals surface area (Å²) >= 11 is 0. The maximum Gasteiger partial charge on any atom is 0.292 e. The molecule has 4 bridgehead atoms. The molecule has 0 spiro atoms. The highest BCUT2D eigenvalue weighted by atomic mass is 16.3. The van der Waals surface area contributed by atoms with E-state index in [4.69, 9.17) is 0 Å². The smallest absolute Gasteiger partial charge is 0.292 e. The number of hydrogen-bond acceptors (Lipinski definition) is 3. The van der Waals surface area contributed by atoms with Gasteiger partial charge in [0.25, 0.3) is 5.91 Å². The largest absolute Gasteiger partial charge is 0.507 e. The third-order valence-electron chi connectivity index (χ3n) is 6.36. The van der Waals surface area contributed by atoms with Crippen LogP contribution in [0.2, 0.25) is 0 Å². The van der Waals surface area contributed by atoms with Crippen LogP contribution in [0.25, 0.3) is 5.76 Å². The minimum Gasteiger partial charge on any atom is -0.507 e. The molecule has 132 valence electrons. The van der Waals surface area contributed by atoms with Gasteiger partial charge in [0.05, 0.1) is 0 Å². The number of carbonyl (C=O) groups excluding carboxylic acids is 2. The molecular weight excluding hydrogens is 314 g/mol. The van der Waals surface area contributed by atoms with Gasteiger partial charge in [-0.05, 0) is 62.7 Å². The second-order valence-corrected chi connectivity index (χ2v) is 8.19. The van der Waals surface area contributed by atoms with Crippen LogP contribution in [0.3, 0.4) is 0 Å². The molecule has 0 unspecified atom stereocenters. The standard InChI is InChI=1S/C21H25NO3/c1-12-2-4-15(5-3-12)18(23)11-19(24)21(25)22-20-16-7-13-6-14(9-16)10-17(20)8-13/h2-5,11,13-14,16-17,20,23H,6-10H2,1H3,(H,22,25)/b18-11-. The Morgan fingerprint density at radius 1 is 1.00 bits per heavy atom. The first kappa shape index (κ1) is 16.4. The van der Waals surface area contributed by atoms with Crippen LogP contribution in [-0.4, -0.2) is 22.8 Å². The van der Waals surface area contributed by atoms with E-state index in [0.717, 1.165) is 23.5 Å².